The summed E-state index contributed by atoms with van der Waals surface area (Å²) in [7, 11) is 0. The number of primary amides is 1. The van der Waals surface area contributed by atoms with Gasteiger partial charge in [0.05, 0.1) is 17.2 Å². The van der Waals surface area contributed by atoms with Crippen LogP contribution in [0.15, 0.2) is 30.5 Å². The number of para-hydroxylation sites is 2. The third kappa shape index (κ3) is 2.09. The summed E-state index contributed by atoms with van der Waals surface area (Å²) < 4.78 is 0. The van der Waals surface area contributed by atoms with Crippen molar-refractivity contribution in [2.45, 2.75) is 18.9 Å². The van der Waals surface area contributed by atoms with Crippen molar-refractivity contribution in [1.82, 2.24) is 14.9 Å². The van der Waals surface area contributed by atoms with Gasteiger partial charge >= 0.3 is 0 Å². The Morgan fingerprint density at radius 2 is 2.00 bits per heavy atom. The van der Waals surface area contributed by atoms with E-state index >= 15 is 0 Å². The summed E-state index contributed by atoms with van der Waals surface area (Å²) in [6.07, 6.45) is 2.84. The van der Waals surface area contributed by atoms with Gasteiger partial charge in [0, 0.05) is 6.54 Å². The lowest BCUT2D eigenvalue weighted by Crippen LogP contribution is -2.44. The maximum atomic E-state index is 12.4. The second-order valence-corrected chi connectivity index (χ2v) is 4.80. The van der Waals surface area contributed by atoms with Crippen molar-refractivity contribution in [3.8, 4) is 0 Å². The van der Waals surface area contributed by atoms with E-state index in [1.165, 1.54) is 11.1 Å². The fraction of sp³-hybridized carbons (Fsp3) is 0.286. The van der Waals surface area contributed by atoms with Crippen LogP contribution in [0, 0.1) is 0 Å². The van der Waals surface area contributed by atoms with Crippen LogP contribution in [0.25, 0.3) is 11.0 Å². The van der Waals surface area contributed by atoms with E-state index < -0.39 is 11.9 Å². The Hall–Kier alpha value is -2.50. The molecule has 0 saturated carbocycles. The fourth-order valence-electron chi connectivity index (χ4n) is 2.51. The number of hydrogen-bond acceptors (Lipinski definition) is 4. The van der Waals surface area contributed by atoms with E-state index in [1.54, 1.807) is 6.07 Å². The van der Waals surface area contributed by atoms with Crippen molar-refractivity contribution in [1.29, 1.82) is 0 Å². The number of nitrogens with two attached hydrogens (primary N) is 1. The first-order chi connectivity index (χ1) is 9.66. The molecule has 2 aromatic rings. The molecular formula is C14H14N4O2. The monoisotopic (exact) mass is 270 g/mol. The maximum Gasteiger partial charge on any atom is 0.274 e. The molecule has 1 aromatic carbocycles. The second kappa shape index (κ2) is 4.88. The van der Waals surface area contributed by atoms with Gasteiger partial charge < -0.3 is 10.6 Å². The molecule has 2 N–H and O–H groups in total. The number of rotatable bonds is 2. The predicted octanol–water partition coefficient (Wildman–Crippen LogP) is 0.720. The first-order valence-electron chi connectivity index (χ1n) is 6.49. The van der Waals surface area contributed by atoms with Crippen molar-refractivity contribution >= 4 is 22.8 Å². The van der Waals surface area contributed by atoms with E-state index in [9.17, 15) is 9.59 Å². The topological polar surface area (TPSA) is 89.2 Å². The summed E-state index contributed by atoms with van der Waals surface area (Å²) in [6.45, 7) is 0.529. The van der Waals surface area contributed by atoms with Gasteiger partial charge in [0.25, 0.3) is 5.91 Å². The molecule has 0 spiro atoms. The van der Waals surface area contributed by atoms with Crippen LogP contribution in [-0.4, -0.2) is 39.3 Å². The fourth-order valence-corrected chi connectivity index (χ4v) is 2.51. The van der Waals surface area contributed by atoms with E-state index in [-0.39, 0.29) is 11.6 Å². The Morgan fingerprint density at radius 3 is 2.75 bits per heavy atom. The SMILES string of the molecule is NC(=O)[C@@H]1CCCN1C(=O)c1cnc2ccccc2n1. The summed E-state index contributed by atoms with van der Waals surface area (Å²) in [5.41, 5.74) is 6.97. The van der Waals surface area contributed by atoms with Gasteiger partial charge in [-0.2, -0.15) is 0 Å². The van der Waals surface area contributed by atoms with Gasteiger partial charge in [-0.15, -0.1) is 0 Å². The number of hydrogen-bond donors (Lipinski definition) is 1. The Morgan fingerprint density at radius 1 is 1.25 bits per heavy atom. The van der Waals surface area contributed by atoms with E-state index in [0.717, 1.165) is 11.9 Å². The highest BCUT2D eigenvalue weighted by Crippen LogP contribution is 2.19. The zero-order chi connectivity index (χ0) is 14.1. The number of amides is 2. The van der Waals surface area contributed by atoms with Crippen LogP contribution in [0.1, 0.15) is 23.3 Å². The zero-order valence-corrected chi connectivity index (χ0v) is 10.8. The first kappa shape index (κ1) is 12.5. The van der Waals surface area contributed by atoms with Crippen LogP contribution in [0.5, 0.6) is 0 Å². The Labute approximate surface area is 115 Å². The van der Waals surface area contributed by atoms with Gasteiger partial charge in [0.1, 0.15) is 11.7 Å². The highest BCUT2D eigenvalue weighted by molar-refractivity contribution is 5.97. The van der Waals surface area contributed by atoms with Crippen LogP contribution >= 0.6 is 0 Å². The molecule has 0 radical (unpaired) electrons. The molecule has 1 saturated heterocycles. The van der Waals surface area contributed by atoms with Crippen molar-refractivity contribution < 1.29 is 9.59 Å². The quantitative estimate of drug-likeness (QED) is 0.870. The summed E-state index contributed by atoms with van der Waals surface area (Å²) in [5, 5.41) is 0. The van der Waals surface area contributed by atoms with Gasteiger partial charge in [-0.25, -0.2) is 4.98 Å². The van der Waals surface area contributed by atoms with E-state index in [2.05, 4.69) is 9.97 Å². The van der Waals surface area contributed by atoms with Crippen molar-refractivity contribution in [2.24, 2.45) is 5.73 Å². The Kier molecular flexibility index (Phi) is 3.06. The third-order valence-corrected chi connectivity index (χ3v) is 3.51. The Bertz CT molecular complexity index is 686. The molecule has 1 aromatic heterocycles. The average molecular weight is 270 g/mol. The molecule has 0 unspecified atom stereocenters. The van der Waals surface area contributed by atoms with Crippen molar-refractivity contribution in [2.75, 3.05) is 6.54 Å². The van der Waals surface area contributed by atoms with Gasteiger partial charge in [0.2, 0.25) is 5.91 Å². The van der Waals surface area contributed by atoms with Crippen LogP contribution in [0.3, 0.4) is 0 Å². The normalized spacial score (nSPS) is 18.4. The lowest BCUT2D eigenvalue weighted by molar-refractivity contribution is -0.121. The van der Waals surface area contributed by atoms with Gasteiger partial charge in [-0.3, -0.25) is 14.6 Å². The molecule has 6 nitrogen and oxygen atoms in total. The second-order valence-electron chi connectivity index (χ2n) is 4.80. The molecule has 1 aliphatic rings. The smallest absolute Gasteiger partial charge is 0.274 e. The van der Waals surface area contributed by atoms with Gasteiger partial charge in [-0.05, 0) is 25.0 Å². The molecule has 1 aliphatic heterocycles. The average Bonchev–Trinajstić information content (AvgIpc) is 2.95. The minimum Gasteiger partial charge on any atom is -0.368 e. The largest absolute Gasteiger partial charge is 0.368 e. The minimum absolute atomic E-state index is 0.247. The molecule has 0 bridgehead atoms. The maximum absolute atomic E-state index is 12.4. The molecular weight excluding hydrogens is 256 g/mol. The summed E-state index contributed by atoms with van der Waals surface area (Å²) >= 11 is 0. The lowest BCUT2D eigenvalue weighted by atomic mass is 10.2. The van der Waals surface area contributed by atoms with Crippen LogP contribution < -0.4 is 5.73 Å². The number of aromatic nitrogens is 2. The molecule has 1 fully saturated rings. The van der Waals surface area contributed by atoms with Crippen LogP contribution in [0.2, 0.25) is 0 Å². The number of nitrogens with zero attached hydrogens (tertiary/aromatic N) is 3. The van der Waals surface area contributed by atoms with Crippen molar-refractivity contribution in [3.63, 3.8) is 0 Å². The number of carbonyl (C=O) groups is 2. The molecule has 2 amide bonds. The zero-order valence-electron chi connectivity index (χ0n) is 10.8. The number of likely N-dealkylation sites (tertiary alicyclic amines) is 1. The van der Waals surface area contributed by atoms with E-state index in [0.29, 0.717) is 18.5 Å². The lowest BCUT2D eigenvalue weighted by Gasteiger charge is -2.21. The number of carbonyl (C=O) groups excluding carboxylic acids is 2. The summed E-state index contributed by atoms with van der Waals surface area (Å²) in [5.74, 6) is -0.755. The molecule has 20 heavy (non-hydrogen) atoms. The molecule has 0 aliphatic carbocycles. The van der Waals surface area contributed by atoms with Crippen molar-refractivity contribution in [3.05, 3.63) is 36.2 Å². The molecule has 1 atom stereocenters. The molecule has 6 heteroatoms. The summed E-state index contributed by atoms with van der Waals surface area (Å²) in [6, 6.07) is 6.80. The standard InChI is InChI=1S/C14H14N4O2/c15-13(19)12-6-3-7-18(12)14(20)11-8-16-9-4-1-2-5-10(9)17-11/h1-2,4-5,8,12H,3,6-7H2,(H2,15,19)/t12-/m0/s1. The summed E-state index contributed by atoms with van der Waals surface area (Å²) in [4.78, 5) is 33.8. The highest BCUT2D eigenvalue weighted by atomic mass is 16.2. The third-order valence-electron chi connectivity index (χ3n) is 3.51. The number of fused-ring (bicyclic) bond motifs is 1. The first-order valence-corrected chi connectivity index (χ1v) is 6.49. The number of benzene rings is 1. The van der Waals surface area contributed by atoms with Crippen LogP contribution in [-0.2, 0) is 4.79 Å². The molecule has 2 heterocycles. The van der Waals surface area contributed by atoms with E-state index in [4.69, 9.17) is 5.73 Å². The molecule has 102 valence electrons. The van der Waals surface area contributed by atoms with E-state index in [1.807, 2.05) is 18.2 Å². The highest BCUT2D eigenvalue weighted by Gasteiger charge is 2.33. The minimum atomic E-state index is -0.532. The van der Waals surface area contributed by atoms with Gasteiger partial charge in [-0.1, -0.05) is 12.1 Å². The Balaban J connectivity index is 1.94. The predicted molar refractivity (Wildman–Crippen MR) is 72.8 cm³/mol. The molecule has 3 rings (SSSR count). The van der Waals surface area contributed by atoms with Gasteiger partial charge in [0.15, 0.2) is 0 Å². The van der Waals surface area contributed by atoms with Crippen LogP contribution in [0.4, 0.5) is 0 Å².